The molecule has 15 nitrogen and oxygen atoms in total. The highest BCUT2D eigenvalue weighted by Crippen LogP contribution is 2.40. The molecule has 3 fully saturated rings. The van der Waals surface area contributed by atoms with Gasteiger partial charge in [-0.15, -0.1) is 10.2 Å². The molecule has 63 heavy (non-hydrogen) atoms. The number of anilines is 2. The second kappa shape index (κ2) is 16.7. The molecule has 0 radical (unpaired) electrons. The lowest BCUT2D eigenvalue weighted by molar-refractivity contribution is 0.101. The first kappa shape index (κ1) is 39.6. The number of benzene rings is 2. The Kier molecular flexibility index (Phi) is 10.5. The molecule has 0 aliphatic heterocycles. The fourth-order valence-electron chi connectivity index (χ4n) is 7.56. The van der Waals surface area contributed by atoms with Gasteiger partial charge in [0.25, 0.3) is 11.8 Å². The summed E-state index contributed by atoms with van der Waals surface area (Å²) in [4.78, 5) is 48.6. The van der Waals surface area contributed by atoms with Gasteiger partial charge in [0, 0.05) is 65.5 Å². The number of carbonyl (C=O) groups is 2. The van der Waals surface area contributed by atoms with Crippen LogP contribution in [-0.4, -0.2) is 65.2 Å². The van der Waals surface area contributed by atoms with Crippen LogP contribution in [0.5, 0.6) is 0 Å². The van der Waals surface area contributed by atoms with Crippen molar-refractivity contribution in [2.75, 3.05) is 10.6 Å². The zero-order valence-electron chi connectivity index (χ0n) is 35.3. The fraction of sp³-hybridized carbons (Fsp3) is 0.271. The summed E-state index contributed by atoms with van der Waals surface area (Å²) in [7, 11) is 0. The predicted octanol–water partition coefficient (Wildman–Crippen LogP) is 9.14. The third-order valence-electron chi connectivity index (χ3n) is 11.5. The van der Waals surface area contributed by atoms with Gasteiger partial charge < -0.3 is 28.9 Å². The predicted molar refractivity (Wildman–Crippen MR) is 239 cm³/mol. The highest BCUT2D eigenvalue weighted by molar-refractivity contribution is 6.05. The molecule has 3 aliphatic carbocycles. The van der Waals surface area contributed by atoms with Gasteiger partial charge in [0.2, 0.25) is 0 Å². The van der Waals surface area contributed by atoms with Crippen molar-refractivity contribution in [3.05, 3.63) is 151 Å². The Morgan fingerprint density at radius 2 is 1.29 bits per heavy atom. The summed E-state index contributed by atoms with van der Waals surface area (Å²) in [6.07, 6.45) is 20.4. The van der Waals surface area contributed by atoms with E-state index in [1.807, 2.05) is 100 Å². The highest BCUT2D eigenvalue weighted by Gasteiger charge is 2.28. The molecular weight excluding hydrogens is 791 g/mol. The van der Waals surface area contributed by atoms with Crippen LogP contribution in [-0.2, 0) is 0 Å². The maximum atomic E-state index is 13.0. The molecule has 3 saturated carbocycles. The quantitative estimate of drug-likeness (QED) is 0.122. The van der Waals surface area contributed by atoms with E-state index in [9.17, 15) is 9.59 Å². The van der Waals surface area contributed by atoms with E-state index in [-0.39, 0.29) is 17.9 Å². The highest BCUT2D eigenvalue weighted by atomic mass is 16.2. The van der Waals surface area contributed by atoms with Gasteiger partial charge in [-0.3, -0.25) is 9.59 Å². The molecule has 2 aromatic carbocycles. The standard InChI is InChI=1S/C25H24N6O.C23H23N7O/c1-16-5-6-18(13-22(16)30-14-21(27-15-30)17-7-8-17)25(32)29-23-4-2-3-20(28-23)24-26-11-12-31(24)19-9-10-19;1-15(2)30-14-25-28-22(30)19-7-4-8-21(26-19)27-23(31)17-5-3-6-18(11-17)29-12-20(24-13-29)16-9-10-16/h2-6,11-15,17,19H,7-10H2,1H3,(H,28,29,32);3-8,11-16H,9-10H2,1-2H3,(H,26,27,31). The number of amides is 2. The minimum absolute atomic E-state index is 0.191. The van der Waals surface area contributed by atoms with Crippen LogP contribution in [0.2, 0.25) is 0 Å². The third kappa shape index (κ3) is 8.80. The van der Waals surface area contributed by atoms with Gasteiger partial charge in [0.05, 0.1) is 29.7 Å². The SMILES string of the molecule is CC(C)n1cnnc1-c1cccc(NC(=O)c2cccc(-n3cnc(C4CC4)c3)c2)n1.Cc1ccc(C(=O)Nc2cccc(-c3nccn3C3CC3)n2)cc1-n1cnc(C2CC2)c1. The van der Waals surface area contributed by atoms with Gasteiger partial charge in [-0.05, 0) is 119 Å². The smallest absolute Gasteiger partial charge is 0.256 e. The van der Waals surface area contributed by atoms with Crippen molar-refractivity contribution in [1.82, 2.24) is 53.4 Å². The summed E-state index contributed by atoms with van der Waals surface area (Å²) in [5.41, 5.74) is 7.75. The van der Waals surface area contributed by atoms with Crippen LogP contribution in [0, 0.1) is 6.92 Å². The Morgan fingerprint density at radius 3 is 1.94 bits per heavy atom. The van der Waals surface area contributed by atoms with Gasteiger partial charge in [-0.2, -0.15) is 0 Å². The minimum atomic E-state index is -0.223. The van der Waals surface area contributed by atoms with Crippen molar-refractivity contribution in [2.24, 2.45) is 0 Å². The Bertz CT molecular complexity index is 2940. The summed E-state index contributed by atoms with van der Waals surface area (Å²) < 4.78 is 8.08. The maximum Gasteiger partial charge on any atom is 0.256 e. The van der Waals surface area contributed by atoms with E-state index in [1.54, 1.807) is 37.1 Å². The van der Waals surface area contributed by atoms with Crippen molar-refractivity contribution in [3.8, 4) is 34.4 Å². The molecule has 3 aliphatic rings. The van der Waals surface area contributed by atoms with E-state index in [0.29, 0.717) is 52.2 Å². The number of hydrogen-bond donors (Lipinski definition) is 2. The Hall–Kier alpha value is -7.55. The van der Waals surface area contributed by atoms with Crippen LogP contribution >= 0.6 is 0 Å². The number of pyridine rings is 2. The minimum Gasteiger partial charge on any atom is -0.327 e. The van der Waals surface area contributed by atoms with Crippen LogP contribution in [0.25, 0.3) is 34.4 Å². The van der Waals surface area contributed by atoms with Gasteiger partial charge in [-0.25, -0.2) is 24.9 Å². The van der Waals surface area contributed by atoms with Crippen molar-refractivity contribution in [1.29, 1.82) is 0 Å². The summed E-state index contributed by atoms with van der Waals surface area (Å²) in [5, 5.41) is 14.0. The molecule has 6 heterocycles. The van der Waals surface area contributed by atoms with Crippen LogP contribution in [0.15, 0.2) is 123 Å². The van der Waals surface area contributed by atoms with Gasteiger partial charge in [-0.1, -0.05) is 24.3 Å². The topological polar surface area (TPSA) is 168 Å². The fourth-order valence-corrected chi connectivity index (χ4v) is 7.56. The van der Waals surface area contributed by atoms with Crippen molar-refractivity contribution in [2.45, 2.75) is 83.2 Å². The Labute approximate surface area is 364 Å². The van der Waals surface area contributed by atoms with E-state index >= 15 is 0 Å². The molecule has 8 aromatic rings. The molecule has 2 amide bonds. The summed E-state index contributed by atoms with van der Waals surface area (Å²) in [6.45, 7) is 6.15. The van der Waals surface area contributed by atoms with Crippen molar-refractivity contribution in [3.63, 3.8) is 0 Å². The molecule has 0 bridgehead atoms. The van der Waals surface area contributed by atoms with Crippen molar-refractivity contribution >= 4 is 23.5 Å². The molecule has 15 heteroatoms. The van der Waals surface area contributed by atoms with E-state index in [2.05, 4.69) is 70.4 Å². The zero-order valence-corrected chi connectivity index (χ0v) is 35.3. The van der Waals surface area contributed by atoms with E-state index < -0.39 is 0 Å². The number of nitrogens with one attached hydrogen (secondary N) is 2. The van der Waals surface area contributed by atoms with E-state index in [0.717, 1.165) is 39.8 Å². The van der Waals surface area contributed by atoms with E-state index in [4.69, 9.17) is 0 Å². The van der Waals surface area contributed by atoms with Gasteiger partial charge in [0.15, 0.2) is 11.6 Å². The van der Waals surface area contributed by atoms with Gasteiger partial charge >= 0.3 is 0 Å². The lowest BCUT2D eigenvalue weighted by Gasteiger charge is -2.11. The first-order valence-corrected chi connectivity index (χ1v) is 21.5. The van der Waals surface area contributed by atoms with E-state index in [1.165, 1.54) is 38.5 Å². The molecule has 6 aromatic heterocycles. The molecule has 0 atom stereocenters. The Morgan fingerprint density at radius 1 is 0.667 bits per heavy atom. The molecule has 0 spiro atoms. The van der Waals surface area contributed by atoms with Crippen LogP contribution in [0.3, 0.4) is 0 Å². The molecular formula is C48H47N13O2. The normalized spacial score (nSPS) is 14.6. The lowest BCUT2D eigenvalue weighted by atomic mass is 10.1. The summed E-state index contributed by atoms with van der Waals surface area (Å²) >= 11 is 0. The number of nitrogens with zero attached hydrogens (tertiary/aromatic N) is 11. The maximum absolute atomic E-state index is 13.0. The second-order valence-electron chi connectivity index (χ2n) is 16.8. The monoisotopic (exact) mass is 837 g/mol. The first-order chi connectivity index (χ1) is 30.7. The number of aryl methyl sites for hydroxylation is 1. The summed E-state index contributed by atoms with van der Waals surface area (Å²) in [6, 6.07) is 25.0. The largest absolute Gasteiger partial charge is 0.327 e. The molecule has 316 valence electrons. The number of aromatic nitrogens is 11. The third-order valence-corrected chi connectivity index (χ3v) is 11.5. The molecule has 2 N–H and O–H groups in total. The first-order valence-electron chi connectivity index (χ1n) is 21.5. The van der Waals surface area contributed by atoms with Crippen LogP contribution in [0.4, 0.5) is 11.6 Å². The molecule has 11 rings (SSSR count). The molecule has 0 unspecified atom stereocenters. The zero-order chi connectivity index (χ0) is 43.0. The Balaban J connectivity index is 0.000000150. The second-order valence-corrected chi connectivity index (χ2v) is 16.8. The summed E-state index contributed by atoms with van der Waals surface area (Å²) in [5.74, 6) is 3.25. The van der Waals surface area contributed by atoms with Crippen LogP contribution < -0.4 is 10.6 Å². The van der Waals surface area contributed by atoms with Crippen LogP contribution in [0.1, 0.15) is 114 Å². The van der Waals surface area contributed by atoms with Crippen molar-refractivity contribution < 1.29 is 9.59 Å². The lowest BCUT2D eigenvalue weighted by Crippen LogP contribution is -2.14. The van der Waals surface area contributed by atoms with Gasteiger partial charge in [0.1, 0.15) is 29.4 Å². The number of imidazole rings is 3. The number of hydrogen-bond acceptors (Lipinski definition) is 9. The number of carbonyl (C=O) groups excluding carboxylic acids is 2. The average molecular weight is 838 g/mol. The number of rotatable bonds is 12. The average Bonchev–Trinajstić information content (AvgIpc) is 4.28. The molecule has 0 saturated heterocycles.